The zero-order chi connectivity index (χ0) is 12.1. The van der Waals surface area contributed by atoms with Gasteiger partial charge in [-0.25, -0.2) is 4.39 Å². The third-order valence-electron chi connectivity index (χ3n) is 2.22. The van der Waals surface area contributed by atoms with E-state index in [0.717, 1.165) is 25.0 Å². The number of rotatable bonds is 4. The lowest BCUT2D eigenvalue weighted by molar-refractivity contribution is 0.622. The lowest BCUT2D eigenvalue weighted by Crippen LogP contribution is -2.02. The molecule has 0 spiro atoms. The molecule has 0 atom stereocenters. The van der Waals surface area contributed by atoms with E-state index in [-0.39, 0.29) is 5.82 Å². The van der Waals surface area contributed by atoms with Gasteiger partial charge in [-0.15, -0.1) is 10.2 Å². The molecule has 0 aromatic carbocycles. The highest BCUT2D eigenvalue weighted by atomic mass is 19.1. The molecular formula is C12H13FN4. The van der Waals surface area contributed by atoms with Gasteiger partial charge in [0.1, 0.15) is 11.6 Å². The van der Waals surface area contributed by atoms with E-state index in [2.05, 4.69) is 27.4 Å². The molecule has 2 aromatic rings. The number of pyridine rings is 1. The summed E-state index contributed by atoms with van der Waals surface area (Å²) in [5.74, 6) is 0.345. The van der Waals surface area contributed by atoms with E-state index in [1.54, 1.807) is 12.3 Å². The van der Waals surface area contributed by atoms with E-state index in [9.17, 15) is 4.39 Å². The Bertz CT molecular complexity index is 484. The molecule has 2 aromatic heterocycles. The zero-order valence-electron chi connectivity index (χ0n) is 9.52. The van der Waals surface area contributed by atoms with Crippen molar-refractivity contribution in [3.05, 3.63) is 36.4 Å². The minimum atomic E-state index is -0.377. The van der Waals surface area contributed by atoms with E-state index >= 15 is 0 Å². The highest BCUT2D eigenvalue weighted by Gasteiger charge is 2.02. The van der Waals surface area contributed by atoms with E-state index < -0.39 is 0 Å². The average Bonchev–Trinajstić information content (AvgIpc) is 2.37. The number of halogens is 1. The maximum atomic E-state index is 13.0. The van der Waals surface area contributed by atoms with Crippen LogP contribution in [0.1, 0.15) is 13.3 Å². The lowest BCUT2D eigenvalue weighted by Gasteiger charge is -2.03. The van der Waals surface area contributed by atoms with Crippen LogP contribution in [0.15, 0.2) is 30.6 Å². The summed E-state index contributed by atoms with van der Waals surface area (Å²) in [6, 6.07) is 5.00. The van der Waals surface area contributed by atoms with Crippen LogP contribution in [0.3, 0.4) is 0 Å². The third-order valence-corrected chi connectivity index (χ3v) is 2.22. The van der Waals surface area contributed by atoms with Gasteiger partial charge in [-0.1, -0.05) is 6.92 Å². The molecule has 0 radical (unpaired) electrons. The van der Waals surface area contributed by atoms with Crippen molar-refractivity contribution in [3.8, 4) is 11.3 Å². The Morgan fingerprint density at radius 2 is 2.12 bits per heavy atom. The number of hydrogen-bond acceptors (Lipinski definition) is 4. The summed E-state index contributed by atoms with van der Waals surface area (Å²) in [5.41, 5.74) is 1.23. The predicted molar refractivity (Wildman–Crippen MR) is 64.0 cm³/mol. The van der Waals surface area contributed by atoms with E-state index in [4.69, 9.17) is 0 Å². The van der Waals surface area contributed by atoms with Gasteiger partial charge in [0.25, 0.3) is 0 Å². The molecule has 0 unspecified atom stereocenters. The number of anilines is 1. The molecule has 0 aliphatic rings. The van der Waals surface area contributed by atoms with Crippen molar-refractivity contribution in [1.29, 1.82) is 0 Å². The fraction of sp³-hybridized carbons (Fsp3) is 0.250. The Balaban J connectivity index is 2.17. The van der Waals surface area contributed by atoms with Crippen molar-refractivity contribution in [1.82, 2.24) is 15.2 Å². The number of nitrogens with zero attached hydrogens (tertiary/aromatic N) is 3. The molecule has 2 heterocycles. The molecule has 2 rings (SSSR count). The largest absolute Gasteiger partial charge is 0.369 e. The molecule has 17 heavy (non-hydrogen) atoms. The second-order valence-electron chi connectivity index (χ2n) is 3.62. The molecule has 0 aliphatic heterocycles. The first-order valence-corrected chi connectivity index (χ1v) is 5.48. The Morgan fingerprint density at radius 1 is 1.24 bits per heavy atom. The monoisotopic (exact) mass is 232 g/mol. The zero-order valence-corrected chi connectivity index (χ0v) is 9.52. The van der Waals surface area contributed by atoms with Gasteiger partial charge in [-0.05, 0) is 24.6 Å². The maximum Gasteiger partial charge on any atom is 0.148 e. The second kappa shape index (κ2) is 5.34. The highest BCUT2D eigenvalue weighted by molar-refractivity contribution is 5.58. The van der Waals surface area contributed by atoms with Crippen LogP contribution >= 0.6 is 0 Å². The summed E-state index contributed by atoms with van der Waals surface area (Å²) in [5, 5.41) is 11.2. The number of nitrogens with one attached hydrogen (secondary N) is 1. The van der Waals surface area contributed by atoms with Crippen molar-refractivity contribution in [2.75, 3.05) is 11.9 Å². The topological polar surface area (TPSA) is 50.7 Å². The lowest BCUT2D eigenvalue weighted by atomic mass is 10.2. The summed E-state index contributed by atoms with van der Waals surface area (Å²) < 4.78 is 13.0. The van der Waals surface area contributed by atoms with Crippen LogP contribution < -0.4 is 5.32 Å². The Labute approximate surface area is 98.9 Å². The smallest absolute Gasteiger partial charge is 0.148 e. The molecule has 0 fully saturated rings. The van der Waals surface area contributed by atoms with E-state index in [1.807, 2.05) is 6.07 Å². The van der Waals surface area contributed by atoms with Gasteiger partial charge in [0.15, 0.2) is 0 Å². The molecule has 4 nitrogen and oxygen atoms in total. The first-order valence-electron chi connectivity index (χ1n) is 5.48. The normalized spacial score (nSPS) is 10.2. The Morgan fingerprint density at radius 3 is 2.76 bits per heavy atom. The van der Waals surface area contributed by atoms with Gasteiger partial charge in [-0.3, -0.25) is 4.98 Å². The molecule has 0 saturated heterocycles. The molecule has 1 N–H and O–H groups in total. The molecule has 0 amide bonds. The fourth-order valence-electron chi connectivity index (χ4n) is 1.39. The summed E-state index contributed by atoms with van der Waals surface area (Å²) in [6.45, 7) is 2.93. The van der Waals surface area contributed by atoms with Crippen LogP contribution in [-0.2, 0) is 0 Å². The molecule has 0 saturated carbocycles. The van der Waals surface area contributed by atoms with Crippen molar-refractivity contribution in [2.45, 2.75) is 13.3 Å². The van der Waals surface area contributed by atoms with Crippen LogP contribution in [0, 0.1) is 5.82 Å². The van der Waals surface area contributed by atoms with Gasteiger partial charge in [0, 0.05) is 18.3 Å². The second-order valence-corrected chi connectivity index (χ2v) is 3.62. The van der Waals surface area contributed by atoms with Crippen molar-refractivity contribution in [2.24, 2.45) is 0 Å². The summed E-state index contributed by atoms with van der Waals surface area (Å²) in [4.78, 5) is 3.77. The molecule has 5 heteroatoms. The Hall–Kier alpha value is -2.04. The standard InChI is InChI=1S/C12H13FN4/c1-2-5-15-12-4-3-11(16-17-12)9-6-10(13)8-14-7-9/h3-4,6-8H,2,5H2,1H3,(H,15,17). The number of hydrogen-bond donors (Lipinski definition) is 1. The van der Waals surface area contributed by atoms with Crippen molar-refractivity contribution >= 4 is 5.82 Å². The average molecular weight is 232 g/mol. The quantitative estimate of drug-likeness (QED) is 0.879. The van der Waals surface area contributed by atoms with Crippen LogP contribution in [0.4, 0.5) is 10.2 Å². The molecule has 88 valence electrons. The number of aromatic nitrogens is 3. The third kappa shape index (κ3) is 2.96. The fourth-order valence-corrected chi connectivity index (χ4v) is 1.39. The Kier molecular flexibility index (Phi) is 3.59. The van der Waals surface area contributed by atoms with Crippen LogP contribution in [0.5, 0.6) is 0 Å². The van der Waals surface area contributed by atoms with Gasteiger partial charge < -0.3 is 5.32 Å². The molecular weight excluding hydrogens is 219 g/mol. The minimum absolute atomic E-state index is 0.377. The van der Waals surface area contributed by atoms with Gasteiger partial charge in [0.05, 0.1) is 11.9 Å². The van der Waals surface area contributed by atoms with E-state index in [0.29, 0.717) is 11.3 Å². The summed E-state index contributed by atoms with van der Waals surface area (Å²) >= 11 is 0. The van der Waals surface area contributed by atoms with Gasteiger partial charge >= 0.3 is 0 Å². The first kappa shape index (κ1) is 11.4. The van der Waals surface area contributed by atoms with Crippen LogP contribution in [0.2, 0.25) is 0 Å². The van der Waals surface area contributed by atoms with Gasteiger partial charge in [0.2, 0.25) is 0 Å². The highest BCUT2D eigenvalue weighted by Crippen LogP contribution is 2.16. The predicted octanol–water partition coefficient (Wildman–Crippen LogP) is 2.50. The molecule has 0 aliphatic carbocycles. The first-order chi connectivity index (χ1) is 8.29. The summed E-state index contributed by atoms with van der Waals surface area (Å²) in [6.07, 6.45) is 3.75. The van der Waals surface area contributed by atoms with Gasteiger partial charge in [-0.2, -0.15) is 0 Å². The SMILES string of the molecule is CCCNc1ccc(-c2cncc(F)c2)nn1. The van der Waals surface area contributed by atoms with Crippen LogP contribution in [-0.4, -0.2) is 21.7 Å². The van der Waals surface area contributed by atoms with E-state index in [1.165, 1.54) is 6.07 Å². The maximum absolute atomic E-state index is 13.0. The van der Waals surface area contributed by atoms with Crippen molar-refractivity contribution < 1.29 is 4.39 Å². The minimum Gasteiger partial charge on any atom is -0.369 e. The molecule has 0 bridgehead atoms. The van der Waals surface area contributed by atoms with Crippen molar-refractivity contribution in [3.63, 3.8) is 0 Å². The summed E-state index contributed by atoms with van der Waals surface area (Å²) in [7, 11) is 0. The van der Waals surface area contributed by atoms with Crippen LogP contribution in [0.25, 0.3) is 11.3 Å².